The van der Waals surface area contributed by atoms with E-state index in [9.17, 15) is 0 Å². The molecule has 0 unspecified atom stereocenters. The number of benzene rings is 1. The molecule has 1 aromatic rings. The van der Waals surface area contributed by atoms with E-state index in [0.717, 1.165) is 13.0 Å². The van der Waals surface area contributed by atoms with Crippen LogP contribution in [0.3, 0.4) is 0 Å². The number of fused-ring (bicyclic) bond motifs is 1. The van der Waals surface area contributed by atoms with Gasteiger partial charge in [-0.3, -0.25) is 0 Å². The van der Waals surface area contributed by atoms with Crippen LogP contribution in [0, 0.1) is 6.92 Å². The Labute approximate surface area is 86.1 Å². The second-order valence-corrected chi connectivity index (χ2v) is 4.07. The van der Waals surface area contributed by atoms with Crippen LogP contribution in [0.25, 0.3) is 5.57 Å². The van der Waals surface area contributed by atoms with Crippen LogP contribution in [-0.2, 0) is 0 Å². The first kappa shape index (κ1) is 9.32. The number of nitrogens with zero attached hydrogens (tertiary/aromatic N) is 1. The molecule has 2 rings (SSSR count). The lowest BCUT2D eigenvalue weighted by molar-refractivity contribution is 0.906. The molecular formula is C13H17N. The largest absolute Gasteiger partial charge is 0.374 e. The quantitative estimate of drug-likeness (QED) is 0.602. The van der Waals surface area contributed by atoms with Gasteiger partial charge in [-0.05, 0) is 37.5 Å². The molecule has 0 fully saturated rings. The lowest BCUT2D eigenvalue weighted by atomic mass is 9.99. The minimum absolute atomic E-state index is 1.12. The molecule has 74 valence electrons. The van der Waals surface area contributed by atoms with Crippen LogP contribution in [0.1, 0.15) is 24.5 Å². The van der Waals surface area contributed by atoms with Crippen molar-refractivity contribution < 1.29 is 0 Å². The van der Waals surface area contributed by atoms with Crippen molar-refractivity contribution in [2.45, 2.75) is 20.3 Å². The van der Waals surface area contributed by atoms with Gasteiger partial charge >= 0.3 is 0 Å². The van der Waals surface area contributed by atoms with Gasteiger partial charge in [0.25, 0.3) is 0 Å². The molecule has 0 atom stereocenters. The molecule has 0 aliphatic carbocycles. The lowest BCUT2D eigenvalue weighted by Gasteiger charge is -2.21. The molecule has 0 amide bonds. The van der Waals surface area contributed by atoms with E-state index in [1.807, 2.05) is 0 Å². The Hall–Kier alpha value is -1.24. The summed E-state index contributed by atoms with van der Waals surface area (Å²) in [6, 6.07) is 6.55. The van der Waals surface area contributed by atoms with Gasteiger partial charge in [0.15, 0.2) is 0 Å². The zero-order valence-electron chi connectivity index (χ0n) is 9.17. The summed E-state index contributed by atoms with van der Waals surface area (Å²) in [6.07, 6.45) is 3.49. The molecule has 0 bridgehead atoms. The molecule has 1 aromatic carbocycles. The first-order chi connectivity index (χ1) is 6.70. The predicted molar refractivity (Wildman–Crippen MR) is 62.7 cm³/mol. The molecule has 1 heterocycles. The Kier molecular flexibility index (Phi) is 2.32. The molecule has 1 aliphatic rings. The third-order valence-corrected chi connectivity index (χ3v) is 2.97. The van der Waals surface area contributed by atoms with E-state index in [2.05, 4.69) is 50.1 Å². The van der Waals surface area contributed by atoms with Crippen LogP contribution in [0.5, 0.6) is 0 Å². The average Bonchev–Trinajstić information content (AvgIpc) is 2.29. The number of aryl methyl sites for hydroxylation is 1. The summed E-state index contributed by atoms with van der Waals surface area (Å²) < 4.78 is 0. The molecule has 0 saturated heterocycles. The fourth-order valence-corrected chi connectivity index (χ4v) is 2.18. The van der Waals surface area contributed by atoms with Crippen molar-refractivity contribution in [2.75, 3.05) is 18.5 Å². The fraction of sp³-hybridized carbons (Fsp3) is 0.385. The van der Waals surface area contributed by atoms with Crippen LogP contribution in [0.15, 0.2) is 24.3 Å². The minimum Gasteiger partial charge on any atom is -0.374 e. The maximum Gasteiger partial charge on any atom is 0.0442 e. The lowest BCUT2D eigenvalue weighted by Crippen LogP contribution is -2.18. The maximum absolute atomic E-state index is 2.34. The number of anilines is 1. The summed E-state index contributed by atoms with van der Waals surface area (Å²) in [4.78, 5) is 2.34. The molecule has 1 heteroatoms. The van der Waals surface area contributed by atoms with Crippen molar-refractivity contribution in [1.82, 2.24) is 0 Å². The highest BCUT2D eigenvalue weighted by Crippen LogP contribution is 2.31. The normalized spacial score (nSPS) is 15.9. The van der Waals surface area contributed by atoms with Gasteiger partial charge in [-0.2, -0.15) is 0 Å². The third kappa shape index (κ3) is 1.43. The van der Waals surface area contributed by atoms with E-state index in [0.29, 0.717) is 0 Å². The van der Waals surface area contributed by atoms with Crippen LogP contribution in [0.4, 0.5) is 5.69 Å². The van der Waals surface area contributed by atoms with E-state index in [-0.39, 0.29) is 0 Å². The summed E-state index contributed by atoms with van der Waals surface area (Å²) in [5.41, 5.74) is 5.59. The minimum atomic E-state index is 1.12. The number of rotatable bonds is 0. The number of hydrogen-bond donors (Lipinski definition) is 0. The highest BCUT2D eigenvalue weighted by Gasteiger charge is 2.13. The SMILES string of the molecule is CC1=CCCN(C)c2cccc(C)c21. The average molecular weight is 187 g/mol. The third-order valence-electron chi connectivity index (χ3n) is 2.97. The van der Waals surface area contributed by atoms with E-state index >= 15 is 0 Å². The fourth-order valence-electron chi connectivity index (χ4n) is 2.18. The van der Waals surface area contributed by atoms with Crippen molar-refractivity contribution in [2.24, 2.45) is 0 Å². The Morgan fingerprint density at radius 2 is 2.00 bits per heavy atom. The summed E-state index contributed by atoms with van der Waals surface area (Å²) in [5, 5.41) is 0. The van der Waals surface area contributed by atoms with Crippen molar-refractivity contribution in [3.63, 3.8) is 0 Å². The molecule has 0 N–H and O–H groups in total. The van der Waals surface area contributed by atoms with Gasteiger partial charge < -0.3 is 4.90 Å². The zero-order chi connectivity index (χ0) is 10.1. The summed E-state index contributed by atoms with van der Waals surface area (Å²) >= 11 is 0. The molecule has 14 heavy (non-hydrogen) atoms. The zero-order valence-corrected chi connectivity index (χ0v) is 9.17. The Morgan fingerprint density at radius 3 is 2.79 bits per heavy atom. The standard InChI is InChI=1S/C13H17N/c1-10-6-4-8-12-13(10)11(2)7-5-9-14(12)3/h4,6-8H,5,9H2,1-3H3. The molecular weight excluding hydrogens is 170 g/mol. The van der Waals surface area contributed by atoms with Gasteiger partial charge in [-0.25, -0.2) is 0 Å². The maximum atomic E-state index is 2.34. The van der Waals surface area contributed by atoms with Crippen LogP contribution < -0.4 is 4.90 Å². The molecule has 0 aromatic heterocycles. The molecule has 1 nitrogen and oxygen atoms in total. The molecule has 0 saturated carbocycles. The highest BCUT2D eigenvalue weighted by molar-refractivity contribution is 5.79. The van der Waals surface area contributed by atoms with Gasteiger partial charge in [0.2, 0.25) is 0 Å². The second kappa shape index (κ2) is 3.49. The monoisotopic (exact) mass is 187 g/mol. The first-order valence-corrected chi connectivity index (χ1v) is 5.18. The van der Waals surface area contributed by atoms with E-state index in [1.165, 1.54) is 22.4 Å². The van der Waals surface area contributed by atoms with E-state index in [4.69, 9.17) is 0 Å². The van der Waals surface area contributed by atoms with Crippen molar-refractivity contribution in [3.8, 4) is 0 Å². The molecule has 0 radical (unpaired) electrons. The van der Waals surface area contributed by atoms with Crippen molar-refractivity contribution in [3.05, 3.63) is 35.4 Å². The first-order valence-electron chi connectivity index (χ1n) is 5.18. The summed E-state index contributed by atoms with van der Waals surface area (Å²) in [6.45, 7) is 5.52. The van der Waals surface area contributed by atoms with Crippen molar-refractivity contribution >= 4 is 11.3 Å². The number of hydrogen-bond acceptors (Lipinski definition) is 1. The molecule has 1 aliphatic heterocycles. The van der Waals surface area contributed by atoms with Gasteiger partial charge in [-0.1, -0.05) is 18.2 Å². The summed E-state index contributed by atoms with van der Waals surface area (Å²) in [5.74, 6) is 0. The van der Waals surface area contributed by atoms with Gasteiger partial charge in [0.05, 0.1) is 0 Å². The van der Waals surface area contributed by atoms with Crippen LogP contribution in [-0.4, -0.2) is 13.6 Å². The van der Waals surface area contributed by atoms with Gasteiger partial charge in [-0.15, -0.1) is 0 Å². The predicted octanol–water partition coefficient (Wildman–Crippen LogP) is 3.24. The van der Waals surface area contributed by atoms with Gasteiger partial charge in [0.1, 0.15) is 0 Å². The van der Waals surface area contributed by atoms with Crippen molar-refractivity contribution in [1.29, 1.82) is 0 Å². The summed E-state index contributed by atoms with van der Waals surface area (Å²) in [7, 11) is 2.17. The highest BCUT2D eigenvalue weighted by atomic mass is 15.1. The second-order valence-electron chi connectivity index (χ2n) is 4.07. The number of allylic oxidation sites excluding steroid dienone is 1. The van der Waals surface area contributed by atoms with E-state index < -0.39 is 0 Å². The van der Waals surface area contributed by atoms with Gasteiger partial charge in [0, 0.05) is 24.8 Å². The van der Waals surface area contributed by atoms with Crippen LogP contribution >= 0.6 is 0 Å². The Bertz CT molecular complexity index is 377. The molecule has 0 spiro atoms. The Morgan fingerprint density at radius 1 is 1.21 bits per heavy atom. The van der Waals surface area contributed by atoms with E-state index in [1.54, 1.807) is 0 Å². The topological polar surface area (TPSA) is 3.24 Å². The van der Waals surface area contributed by atoms with Crippen LogP contribution in [0.2, 0.25) is 0 Å². The smallest absolute Gasteiger partial charge is 0.0442 e. The Balaban J connectivity index is 2.64.